The first-order valence-corrected chi connectivity index (χ1v) is 3.98. The number of hydrogen-bond acceptors (Lipinski definition) is 2. The van der Waals surface area contributed by atoms with Crippen molar-refractivity contribution >= 4 is 5.91 Å². The lowest BCUT2D eigenvalue weighted by atomic mass is 10.1. The molecule has 0 aliphatic heterocycles. The summed E-state index contributed by atoms with van der Waals surface area (Å²) in [5.41, 5.74) is 5.71. The molecule has 14 heavy (non-hydrogen) atoms. The molecule has 0 heterocycles. The minimum absolute atomic E-state index is 0.239. The summed E-state index contributed by atoms with van der Waals surface area (Å²) in [5, 5.41) is 2.32. The molecule has 1 aromatic carbocycles. The van der Waals surface area contributed by atoms with Gasteiger partial charge in [-0.2, -0.15) is 0 Å². The molecular weight excluding hydrogens is 190 g/mol. The van der Waals surface area contributed by atoms with Crippen molar-refractivity contribution in [3.05, 3.63) is 35.4 Å². The fourth-order valence-electron chi connectivity index (χ4n) is 1.01. The minimum Gasteiger partial charge on any atom is -0.358 e. The Hall–Kier alpha value is -1.49. The van der Waals surface area contributed by atoms with Crippen LogP contribution in [-0.4, -0.2) is 13.0 Å². The smallest absolute Gasteiger partial charge is 0.241 e. The van der Waals surface area contributed by atoms with Crippen molar-refractivity contribution in [1.29, 1.82) is 0 Å². The van der Waals surface area contributed by atoms with Crippen LogP contribution < -0.4 is 11.1 Å². The highest BCUT2D eigenvalue weighted by Gasteiger charge is 2.15. The average Bonchev–Trinajstić information content (AvgIpc) is 2.20. The molecule has 3 N–H and O–H groups in total. The molecule has 1 atom stereocenters. The molecule has 1 amide bonds. The average molecular weight is 200 g/mol. The van der Waals surface area contributed by atoms with E-state index in [2.05, 4.69) is 5.32 Å². The third-order valence-corrected chi connectivity index (χ3v) is 1.83. The lowest BCUT2D eigenvalue weighted by molar-refractivity contribution is -0.121. The highest BCUT2D eigenvalue weighted by Crippen LogP contribution is 2.14. The molecule has 5 heteroatoms. The van der Waals surface area contributed by atoms with Crippen molar-refractivity contribution in [1.82, 2.24) is 5.32 Å². The fourth-order valence-corrected chi connectivity index (χ4v) is 1.01. The van der Waals surface area contributed by atoms with Crippen LogP contribution >= 0.6 is 0 Å². The van der Waals surface area contributed by atoms with Crippen molar-refractivity contribution in [2.75, 3.05) is 7.05 Å². The first-order valence-electron chi connectivity index (χ1n) is 3.98. The minimum atomic E-state index is -1.01. The van der Waals surface area contributed by atoms with Crippen LogP contribution in [-0.2, 0) is 4.79 Å². The zero-order valence-electron chi connectivity index (χ0n) is 7.55. The number of nitrogens with two attached hydrogens (primary N) is 1. The van der Waals surface area contributed by atoms with Gasteiger partial charge >= 0.3 is 0 Å². The molecule has 76 valence electrons. The first-order chi connectivity index (χ1) is 6.56. The second kappa shape index (κ2) is 4.15. The van der Waals surface area contributed by atoms with Gasteiger partial charge in [0.1, 0.15) is 6.04 Å². The Kier molecular flexibility index (Phi) is 3.14. The Morgan fingerprint density at radius 1 is 1.43 bits per heavy atom. The summed E-state index contributed by atoms with van der Waals surface area (Å²) in [6.45, 7) is 0. The van der Waals surface area contributed by atoms with Gasteiger partial charge in [0.15, 0.2) is 11.6 Å². The summed E-state index contributed by atoms with van der Waals surface area (Å²) in [6.07, 6.45) is 0. The van der Waals surface area contributed by atoms with E-state index in [1.54, 1.807) is 0 Å². The molecule has 0 saturated heterocycles. The number of hydrogen-bond donors (Lipinski definition) is 2. The number of benzene rings is 1. The summed E-state index contributed by atoms with van der Waals surface area (Å²) in [7, 11) is 1.42. The van der Waals surface area contributed by atoms with Gasteiger partial charge < -0.3 is 11.1 Å². The van der Waals surface area contributed by atoms with E-state index in [1.807, 2.05) is 0 Å². The van der Waals surface area contributed by atoms with Crippen LogP contribution in [0.4, 0.5) is 8.78 Å². The maximum absolute atomic E-state index is 12.7. The van der Waals surface area contributed by atoms with Gasteiger partial charge in [0, 0.05) is 7.05 Å². The Morgan fingerprint density at radius 2 is 2.07 bits per heavy atom. The molecule has 0 bridgehead atoms. The molecule has 3 nitrogen and oxygen atoms in total. The molecule has 1 aromatic rings. The molecule has 0 fully saturated rings. The van der Waals surface area contributed by atoms with Gasteiger partial charge in [-0.15, -0.1) is 0 Å². The topological polar surface area (TPSA) is 55.1 Å². The van der Waals surface area contributed by atoms with Crippen molar-refractivity contribution < 1.29 is 13.6 Å². The predicted molar refractivity (Wildman–Crippen MR) is 47.4 cm³/mol. The summed E-state index contributed by atoms with van der Waals surface area (Å²) in [5.74, 6) is -2.42. The van der Waals surface area contributed by atoms with Crippen molar-refractivity contribution in [2.45, 2.75) is 6.04 Å². The predicted octanol–water partition coefficient (Wildman–Crippen LogP) is 0.711. The van der Waals surface area contributed by atoms with Crippen LogP contribution in [0.2, 0.25) is 0 Å². The number of amides is 1. The first kappa shape index (κ1) is 10.6. The maximum atomic E-state index is 12.7. The molecule has 0 aromatic heterocycles. The molecular formula is C9H10F2N2O. The summed E-state index contributed by atoms with van der Waals surface area (Å²) >= 11 is 0. The van der Waals surface area contributed by atoms with E-state index in [0.717, 1.165) is 12.1 Å². The van der Waals surface area contributed by atoms with Gasteiger partial charge in [0.25, 0.3) is 0 Å². The van der Waals surface area contributed by atoms with Crippen molar-refractivity contribution in [3.63, 3.8) is 0 Å². The van der Waals surface area contributed by atoms with E-state index in [9.17, 15) is 13.6 Å². The number of halogens is 2. The molecule has 0 aliphatic carbocycles. The van der Waals surface area contributed by atoms with Crippen molar-refractivity contribution in [2.24, 2.45) is 5.73 Å². The van der Waals surface area contributed by atoms with Crippen molar-refractivity contribution in [3.8, 4) is 0 Å². The van der Waals surface area contributed by atoms with Crippen LogP contribution in [0.25, 0.3) is 0 Å². The van der Waals surface area contributed by atoms with Gasteiger partial charge in [-0.05, 0) is 17.7 Å². The van der Waals surface area contributed by atoms with E-state index in [1.165, 1.54) is 13.1 Å². The van der Waals surface area contributed by atoms with Crippen LogP contribution in [0.1, 0.15) is 11.6 Å². The van der Waals surface area contributed by atoms with E-state index in [-0.39, 0.29) is 5.56 Å². The van der Waals surface area contributed by atoms with Crippen LogP contribution in [0.15, 0.2) is 18.2 Å². The highest BCUT2D eigenvalue weighted by molar-refractivity contribution is 5.82. The van der Waals surface area contributed by atoms with E-state index >= 15 is 0 Å². The summed E-state index contributed by atoms with van der Waals surface area (Å²) in [6, 6.07) is 2.15. The summed E-state index contributed by atoms with van der Waals surface area (Å²) in [4.78, 5) is 11.1. The second-order valence-corrected chi connectivity index (χ2v) is 2.77. The highest BCUT2D eigenvalue weighted by atomic mass is 19.2. The van der Waals surface area contributed by atoms with Gasteiger partial charge in [-0.25, -0.2) is 8.78 Å². The van der Waals surface area contributed by atoms with Crippen LogP contribution in [0.5, 0.6) is 0 Å². The molecule has 1 rings (SSSR count). The molecule has 0 radical (unpaired) electrons. The second-order valence-electron chi connectivity index (χ2n) is 2.77. The largest absolute Gasteiger partial charge is 0.358 e. The summed E-state index contributed by atoms with van der Waals surface area (Å²) < 4.78 is 25.3. The zero-order chi connectivity index (χ0) is 10.7. The Morgan fingerprint density at radius 3 is 2.57 bits per heavy atom. The lowest BCUT2D eigenvalue weighted by Gasteiger charge is -2.10. The molecule has 0 spiro atoms. The zero-order valence-corrected chi connectivity index (χ0v) is 7.55. The fraction of sp³-hybridized carbons (Fsp3) is 0.222. The van der Waals surface area contributed by atoms with E-state index < -0.39 is 23.6 Å². The Bertz CT molecular complexity index is 355. The molecule has 0 saturated carbocycles. The molecule has 0 unspecified atom stereocenters. The number of carbonyl (C=O) groups excluding carboxylic acids is 1. The molecule has 0 aliphatic rings. The third kappa shape index (κ3) is 2.05. The quantitative estimate of drug-likeness (QED) is 0.738. The number of nitrogens with one attached hydrogen (secondary N) is 1. The van der Waals surface area contributed by atoms with E-state index in [4.69, 9.17) is 5.73 Å². The van der Waals surface area contributed by atoms with Crippen LogP contribution in [0.3, 0.4) is 0 Å². The van der Waals surface area contributed by atoms with Crippen LogP contribution in [0, 0.1) is 11.6 Å². The van der Waals surface area contributed by atoms with Gasteiger partial charge in [0.05, 0.1) is 0 Å². The Labute approximate surface area is 79.9 Å². The number of carbonyl (C=O) groups is 1. The van der Waals surface area contributed by atoms with Gasteiger partial charge in [0.2, 0.25) is 5.91 Å². The van der Waals surface area contributed by atoms with Gasteiger partial charge in [-0.3, -0.25) is 4.79 Å². The Balaban J connectivity index is 2.96. The van der Waals surface area contributed by atoms with Gasteiger partial charge in [-0.1, -0.05) is 6.07 Å². The third-order valence-electron chi connectivity index (χ3n) is 1.83. The maximum Gasteiger partial charge on any atom is 0.241 e. The standard InChI is InChI=1S/C9H10F2N2O/c1-13-9(14)8(12)5-2-3-6(10)7(11)4-5/h2-4,8H,12H2,1H3,(H,13,14)/t8-/m0/s1. The normalized spacial score (nSPS) is 12.3. The lowest BCUT2D eigenvalue weighted by Crippen LogP contribution is -2.31. The SMILES string of the molecule is CNC(=O)[C@@H](N)c1ccc(F)c(F)c1. The van der Waals surface area contributed by atoms with E-state index in [0.29, 0.717) is 0 Å². The number of rotatable bonds is 2. The number of likely N-dealkylation sites (N-methyl/N-ethyl adjacent to an activating group) is 1. The monoisotopic (exact) mass is 200 g/mol.